The summed E-state index contributed by atoms with van der Waals surface area (Å²) < 4.78 is 0. The lowest BCUT2D eigenvalue weighted by Crippen LogP contribution is -2.39. The van der Waals surface area contributed by atoms with E-state index in [9.17, 15) is 4.79 Å². The fourth-order valence-corrected chi connectivity index (χ4v) is 1.75. The van der Waals surface area contributed by atoms with Gasteiger partial charge in [-0.25, -0.2) is 0 Å². The summed E-state index contributed by atoms with van der Waals surface area (Å²) in [5, 5.41) is 11.9. The van der Waals surface area contributed by atoms with Crippen molar-refractivity contribution < 1.29 is 9.90 Å². The highest BCUT2D eigenvalue weighted by molar-refractivity contribution is 5.80. The molecule has 1 fully saturated rings. The predicted molar refractivity (Wildman–Crippen MR) is 51.3 cm³/mol. The van der Waals surface area contributed by atoms with Crippen LogP contribution < -0.4 is 5.32 Å². The molecule has 3 nitrogen and oxygen atoms in total. The summed E-state index contributed by atoms with van der Waals surface area (Å²) in [5.41, 5.74) is 0. The van der Waals surface area contributed by atoms with Gasteiger partial charge in [-0.2, -0.15) is 0 Å². The molecule has 0 aromatic heterocycles. The highest BCUT2D eigenvalue weighted by atomic mass is 16.3. The minimum atomic E-state index is -0.872. The Bertz CT molecular complexity index is 160. The number of aliphatic hydroxyl groups excluding tert-OH is 1. The van der Waals surface area contributed by atoms with E-state index >= 15 is 0 Å². The van der Waals surface area contributed by atoms with Crippen molar-refractivity contribution in [1.82, 2.24) is 5.32 Å². The van der Waals surface area contributed by atoms with Gasteiger partial charge >= 0.3 is 0 Å². The Balaban J connectivity index is 2.29. The fraction of sp³-hybridized carbons (Fsp3) is 0.900. The van der Waals surface area contributed by atoms with Crippen LogP contribution >= 0.6 is 0 Å². The summed E-state index contributed by atoms with van der Waals surface area (Å²) in [6.07, 6.45) is 6.22. The third-order valence-corrected chi connectivity index (χ3v) is 2.58. The third kappa shape index (κ3) is 3.77. The highest BCUT2D eigenvalue weighted by Crippen LogP contribution is 2.17. The summed E-state index contributed by atoms with van der Waals surface area (Å²) in [5.74, 6) is -0.230. The van der Waals surface area contributed by atoms with E-state index < -0.39 is 6.10 Å². The van der Waals surface area contributed by atoms with Gasteiger partial charge in [0.15, 0.2) is 0 Å². The van der Waals surface area contributed by atoms with Crippen LogP contribution in [0.2, 0.25) is 0 Å². The topological polar surface area (TPSA) is 49.3 Å². The molecule has 0 saturated heterocycles. The highest BCUT2D eigenvalue weighted by Gasteiger charge is 2.16. The molecule has 1 atom stereocenters. The Hall–Kier alpha value is -0.570. The van der Waals surface area contributed by atoms with Gasteiger partial charge in [0.2, 0.25) is 5.91 Å². The molecule has 2 N–H and O–H groups in total. The van der Waals surface area contributed by atoms with Gasteiger partial charge in [-0.15, -0.1) is 0 Å². The van der Waals surface area contributed by atoms with E-state index in [1.165, 1.54) is 32.6 Å². The molecule has 1 amide bonds. The Labute approximate surface area is 79.5 Å². The van der Waals surface area contributed by atoms with Crippen LogP contribution in [-0.2, 0) is 4.79 Å². The molecule has 1 aliphatic rings. The predicted octanol–water partition coefficient (Wildman–Crippen LogP) is 1.21. The van der Waals surface area contributed by atoms with Crippen molar-refractivity contribution in [2.75, 3.05) is 0 Å². The molecule has 0 aliphatic heterocycles. The lowest BCUT2D eigenvalue weighted by molar-refractivity contribution is -0.129. The second-order valence-corrected chi connectivity index (χ2v) is 3.87. The zero-order valence-corrected chi connectivity index (χ0v) is 8.25. The van der Waals surface area contributed by atoms with Crippen molar-refractivity contribution in [3.63, 3.8) is 0 Å². The van der Waals surface area contributed by atoms with Crippen molar-refractivity contribution in [2.45, 2.75) is 57.6 Å². The first-order valence-corrected chi connectivity index (χ1v) is 5.18. The van der Waals surface area contributed by atoms with Crippen LogP contribution in [-0.4, -0.2) is 23.2 Å². The van der Waals surface area contributed by atoms with Crippen LogP contribution in [0.1, 0.15) is 45.4 Å². The standard InChI is InChI=1S/C10H19NO2/c1-8(12)10(13)11-9-6-4-2-3-5-7-9/h8-9,12H,2-7H2,1H3,(H,11,13)/t8-/m0/s1. The number of carbonyl (C=O) groups excluding carboxylic acids is 1. The van der Waals surface area contributed by atoms with E-state index in [-0.39, 0.29) is 5.91 Å². The van der Waals surface area contributed by atoms with E-state index in [2.05, 4.69) is 5.32 Å². The molecule has 0 bridgehead atoms. The lowest BCUT2D eigenvalue weighted by Gasteiger charge is -2.16. The maximum Gasteiger partial charge on any atom is 0.248 e. The summed E-state index contributed by atoms with van der Waals surface area (Å²) in [6, 6.07) is 0.296. The zero-order chi connectivity index (χ0) is 9.68. The van der Waals surface area contributed by atoms with Gasteiger partial charge < -0.3 is 10.4 Å². The normalized spacial score (nSPS) is 22.0. The van der Waals surface area contributed by atoms with Gasteiger partial charge in [0.25, 0.3) is 0 Å². The largest absolute Gasteiger partial charge is 0.384 e. The summed E-state index contributed by atoms with van der Waals surface area (Å²) >= 11 is 0. The minimum absolute atomic E-state index is 0.230. The Morgan fingerprint density at radius 2 is 1.85 bits per heavy atom. The number of aliphatic hydroxyl groups is 1. The average molecular weight is 185 g/mol. The van der Waals surface area contributed by atoms with Crippen LogP contribution in [0.4, 0.5) is 0 Å². The monoisotopic (exact) mass is 185 g/mol. The number of hydrogen-bond acceptors (Lipinski definition) is 2. The minimum Gasteiger partial charge on any atom is -0.384 e. The third-order valence-electron chi connectivity index (χ3n) is 2.58. The maximum atomic E-state index is 11.2. The van der Waals surface area contributed by atoms with Crippen molar-refractivity contribution in [3.05, 3.63) is 0 Å². The smallest absolute Gasteiger partial charge is 0.248 e. The summed E-state index contributed by atoms with van der Waals surface area (Å²) in [6.45, 7) is 1.51. The molecule has 13 heavy (non-hydrogen) atoms. The average Bonchev–Trinajstić information content (AvgIpc) is 2.32. The van der Waals surface area contributed by atoms with Crippen LogP contribution in [0, 0.1) is 0 Å². The van der Waals surface area contributed by atoms with Crippen molar-refractivity contribution in [2.24, 2.45) is 0 Å². The molecule has 0 aromatic carbocycles. The van der Waals surface area contributed by atoms with Crippen molar-refractivity contribution in [1.29, 1.82) is 0 Å². The van der Waals surface area contributed by atoms with Gasteiger partial charge in [-0.3, -0.25) is 4.79 Å². The Kier molecular flexibility index (Phi) is 4.22. The molecule has 0 aromatic rings. The van der Waals surface area contributed by atoms with E-state index in [0.717, 1.165) is 12.8 Å². The summed E-state index contributed by atoms with van der Waals surface area (Å²) in [4.78, 5) is 11.2. The van der Waals surface area contributed by atoms with Crippen LogP contribution in [0.15, 0.2) is 0 Å². The molecular formula is C10H19NO2. The van der Waals surface area contributed by atoms with Gasteiger partial charge in [-0.1, -0.05) is 25.7 Å². The van der Waals surface area contributed by atoms with Gasteiger partial charge in [-0.05, 0) is 19.8 Å². The first-order chi connectivity index (χ1) is 6.20. The summed E-state index contributed by atoms with van der Waals surface area (Å²) in [7, 11) is 0. The SMILES string of the molecule is C[C@H](O)C(=O)NC1CCCCCC1. The second-order valence-electron chi connectivity index (χ2n) is 3.87. The van der Waals surface area contributed by atoms with Crippen LogP contribution in [0.3, 0.4) is 0 Å². The van der Waals surface area contributed by atoms with E-state index in [4.69, 9.17) is 5.11 Å². The number of nitrogens with one attached hydrogen (secondary N) is 1. The molecule has 1 saturated carbocycles. The maximum absolute atomic E-state index is 11.2. The fourth-order valence-electron chi connectivity index (χ4n) is 1.75. The molecular weight excluding hydrogens is 166 g/mol. The molecule has 1 rings (SSSR count). The Morgan fingerprint density at radius 3 is 2.31 bits per heavy atom. The van der Waals surface area contributed by atoms with Gasteiger partial charge in [0.05, 0.1) is 0 Å². The van der Waals surface area contributed by atoms with Crippen molar-refractivity contribution in [3.8, 4) is 0 Å². The molecule has 3 heteroatoms. The second kappa shape index (κ2) is 5.22. The molecule has 0 radical (unpaired) electrons. The van der Waals surface area contributed by atoms with Crippen LogP contribution in [0.25, 0.3) is 0 Å². The van der Waals surface area contributed by atoms with Crippen LogP contribution in [0.5, 0.6) is 0 Å². The van der Waals surface area contributed by atoms with E-state index in [0.29, 0.717) is 6.04 Å². The number of amides is 1. The number of hydrogen-bond donors (Lipinski definition) is 2. The molecule has 76 valence electrons. The number of carbonyl (C=O) groups is 1. The lowest BCUT2D eigenvalue weighted by atomic mass is 10.1. The zero-order valence-electron chi connectivity index (χ0n) is 8.25. The molecule has 0 spiro atoms. The van der Waals surface area contributed by atoms with Gasteiger partial charge in [0.1, 0.15) is 6.10 Å². The first kappa shape index (κ1) is 10.5. The number of rotatable bonds is 2. The molecule has 0 heterocycles. The van der Waals surface area contributed by atoms with Crippen molar-refractivity contribution >= 4 is 5.91 Å². The molecule has 0 unspecified atom stereocenters. The molecule has 1 aliphatic carbocycles. The Morgan fingerprint density at radius 1 is 1.31 bits per heavy atom. The van der Waals surface area contributed by atoms with E-state index in [1.54, 1.807) is 0 Å². The quantitative estimate of drug-likeness (QED) is 0.635. The van der Waals surface area contributed by atoms with E-state index in [1.807, 2.05) is 0 Å². The van der Waals surface area contributed by atoms with Gasteiger partial charge in [0, 0.05) is 6.04 Å². The first-order valence-electron chi connectivity index (χ1n) is 5.18.